The summed E-state index contributed by atoms with van der Waals surface area (Å²) in [5, 5.41) is 3.23. The predicted molar refractivity (Wildman–Crippen MR) is 80.8 cm³/mol. The zero-order chi connectivity index (χ0) is 14.4. The highest BCUT2D eigenvalue weighted by Crippen LogP contribution is 2.30. The van der Waals surface area contributed by atoms with Crippen LogP contribution in [0.25, 0.3) is 0 Å². The predicted octanol–water partition coefficient (Wildman–Crippen LogP) is 2.22. The first kappa shape index (κ1) is 16.9. The van der Waals surface area contributed by atoms with Gasteiger partial charge in [-0.15, -0.1) is 0 Å². The Labute approximate surface area is 119 Å². The molecule has 0 amide bonds. The molecule has 4 nitrogen and oxygen atoms in total. The second-order valence-electron chi connectivity index (χ2n) is 6.29. The summed E-state index contributed by atoms with van der Waals surface area (Å²) in [6.07, 6.45) is 4.79. The van der Waals surface area contributed by atoms with Crippen LogP contribution in [0.2, 0.25) is 0 Å². The van der Waals surface area contributed by atoms with E-state index >= 15 is 0 Å². The first-order chi connectivity index (χ1) is 8.87. The molecule has 0 aromatic rings. The molecule has 1 aliphatic rings. The Bertz CT molecular complexity index is 352. The van der Waals surface area contributed by atoms with Crippen molar-refractivity contribution in [3.8, 4) is 0 Å². The summed E-state index contributed by atoms with van der Waals surface area (Å²) in [7, 11) is -3.04. The SMILES string of the molecule is CCNCCCCS(=O)(=O)N1CCCC(C)(C)CC1. The number of hydrogen-bond acceptors (Lipinski definition) is 3. The summed E-state index contributed by atoms with van der Waals surface area (Å²) < 4.78 is 26.3. The third-order valence-corrected chi connectivity index (χ3v) is 5.90. The minimum absolute atomic E-state index is 0.287. The summed E-state index contributed by atoms with van der Waals surface area (Å²) in [5.41, 5.74) is 0.287. The van der Waals surface area contributed by atoms with Gasteiger partial charge in [-0.25, -0.2) is 12.7 Å². The monoisotopic (exact) mass is 290 g/mol. The Balaban J connectivity index is 2.39. The zero-order valence-electron chi connectivity index (χ0n) is 12.7. The van der Waals surface area contributed by atoms with E-state index < -0.39 is 10.0 Å². The van der Waals surface area contributed by atoms with Crippen LogP contribution in [0.15, 0.2) is 0 Å². The lowest BCUT2D eigenvalue weighted by Gasteiger charge is -2.23. The van der Waals surface area contributed by atoms with Gasteiger partial charge in [0.05, 0.1) is 5.75 Å². The topological polar surface area (TPSA) is 49.4 Å². The van der Waals surface area contributed by atoms with Crippen molar-refractivity contribution in [3.05, 3.63) is 0 Å². The normalized spacial score (nSPS) is 21.2. The van der Waals surface area contributed by atoms with Gasteiger partial charge in [-0.1, -0.05) is 20.8 Å². The Morgan fingerprint density at radius 3 is 2.58 bits per heavy atom. The van der Waals surface area contributed by atoms with E-state index in [0.29, 0.717) is 18.8 Å². The lowest BCUT2D eigenvalue weighted by molar-refractivity contribution is 0.314. The summed E-state index contributed by atoms with van der Waals surface area (Å²) in [4.78, 5) is 0. The standard InChI is InChI=1S/C14H30N2O2S/c1-4-15-10-5-6-13-19(17,18)16-11-7-8-14(2,3)9-12-16/h15H,4-13H2,1-3H3. The molecule has 1 rings (SSSR count). The minimum atomic E-state index is -3.04. The molecule has 1 heterocycles. The fourth-order valence-corrected chi connectivity index (χ4v) is 4.12. The van der Waals surface area contributed by atoms with Crippen LogP contribution in [0.4, 0.5) is 0 Å². The molecule has 0 aromatic heterocycles. The van der Waals surface area contributed by atoms with Crippen LogP contribution < -0.4 is 5.32 Å². The van der Waals surface area contributed by atoms with Gasteiger partial charge in [0.15, 0.2) is 0 Å². The van der Waals surface area contributed by atoms with Crippen LogP contribution >= 0.6 is 0 Å². The largest absolute Gasteiger partial charge is 0.317 e. The Hall–Kier alpha value is -0.130. The van der Waals surface area contributed by atoms with Gasteiger partial charge in [0, 0.05) is 13.1 Å². The molecule has 0 bridgehead atoms. The Morgan fingerprint density at radius 1 is 1.16 bits per heavy atom. The quantitative estimate of drug-likeness (QED) is 0.731. The van der Waals surface area contributed by atoms with E-state index in [2.05, 4.69) is 26.1 Å². The van der Waals surface area contributed by atoms with E-state index in [9.17, 15) is 8.42 Å². The van der Waals surface area contributed by atoms with E-state index in [1.165, 1.54) is 0 Å². The molecule has 1 saturated heterocycles. The molecule has 1 aliphatic heterocycles. The van der Waals surface area contributed by atoms with E-state index in [1.807, 2.05) is 0 Å². The van der Waals surface area contributed by atoms with Crippen molar-refractivity contribution < 1.29 is 8.42 Å². The smallest absolute Gasteiger partial charge is 0.214 e. The highest BCUT2D eigenvalue weighted by molar-refractivity contribution is 7.89. The van der Waals surface area contributed by atoms with Gasteiger partial charge in [-0.3, -0.25) is 0 Å². The average Bonchev–Trinajstić information content (AvgIpc) is 2.50. The van der Waals surface area contributed by atoms with Crippen LogP contribution in [0, 0.1) is 5.41 Å². The number of hydrogen-bond donors (Lipinski definition) is 1. The molecule has 0 spiro atoms. The van der Waals surface area contributed by atoms with Gasteiger partial charge in [0.1, 0.15) is 0 Å². The molecule has 1 N–H and O–H groups in total. The van der Waals surface area contributed by atoms with E-state index in [0.717, 1.165) is 45.2 Å². The first-order valence-electron chi connectivity index (χ1n) is 7.56. The maximum Gasteiger partial charge on any atom is 0.214 e. The van der Waals surface area contributed by atoms with Gasteiger partial charge in [-0.2, -0.15) is 0 Å². The fourth-order valence-electron chi connectivity index (χ4n) is 2.52. The molecule has 19 heavy (non-hydrogen) atoms. The molecular formula is C14H30N2O2S. The van der Waals surface area contributed by atoms with Crippen molar-refractivity contribution in [2.75, 3.05) is 31.9 Å². The van der Waals surface area contributed by atoms with E-state index in [1.54, 1.807) is 4.31 Å². The number of nitrogens with zero attached hydrogens (tertiary/aromatic N) is 1. The van der Waals surface area contributed by atoms with Gasteiger partial charge in [0.25, 0.3) is 0 Å². The Kier molecular flexibility index (Phi) is 6.77. The maximum absolute atomic E-state index is 12.3. The van der Waals surface area contributed by atoms with E-state index in [-0.39, 0.29) is 5.41 Å². The molecule has 1 fully saturated rings. The fraction of sp³-hybridized carbons (Fsp3) is 1.00. The van der Waals surface area contributed by atoms with Crippen LogP contribution in [-0.4, -0.2) is 44.7 Å². The van der Waals surface area contributed by atoms with Crippen LogP contribution in [0.5, 0.6) is 0 Å². The molecule has 114 valence electrons. The van der Waals surface area contributed by atoms with Gasteiger partial charge in [0.2, 0.25) is 10.0 Å². The summed E-state index contributed by atoms with van der Waals surface area (Å²) >= 11 is 0. The second-order valence-corrected chi connectivity index (χ2v) is 8.38. The molecule has 0 radical (unpaired) electrons. The highest BCUT2D eigenvalue weighted by atomic mass is 32.2. The van der Waals surface area contributed by atoms with Gasteiger partial charge in [-0.05, 0) is 50.6 Å². The molecule has 0 atom stereocenters. The molecule has 0 aliphatic carbocycles. The minimum Gasteiger partial charge on any atom is -0.317 e. The molecule has 0 unspecified atom stereocenters. The number of sulfonamides is 1. The van der Waals surface area contributed by atoms with Crippen molar-refractivity contribution in [2.45, 2.75) is 52.9 Å². The average molecular weight is 290 g/mol. The van der Waals surface area contributed by atoms with Crippen molar-refractivity contribution in [3.63, 3.8) is 0 Å². The number of nitrogens with one attached hydrogen (secondary N) is 1. The highest BCUT2D eigenvalue weighted by Gasteiger charge is 2.28. The Morgan fingerprint density at radius 2 is 1.89 bits per heavy atom. The van der Waals surface area contributed by atoms with Gasteiger partial charge < -0.3 is 5.32 Å². The molecule has 5 heteroatoms. The molecular weight excluding hydrogens is 260 g/mol. The van der Waals surface area contributed by atoms with Crippen molar-refractivity contribution >= 4 is 10.0 Å². The zero-order valence-corrected chi connectivity index (χ0v) is 13.6. The third kappa shape index (κ3) is 6.23. The third-order valence-electron chi connectivity index (χ3n) is 3.95. The second kappa shape index (κ2) is 7.60. The number of unbranched alkanes of at least 4 members (excludes halogenated alkanes) is 1. The van der Waals surface area contributed by atoms with Gasteiger partial charge >= 0.3 is 0 Å². The first-order valence-corrected chi connectivity index (χ1v) is 9.17. The van der Waals surface area contributed by atoms with Crippen molar-refractivity contribution in [1.29, 1.82) is 0 Å². The van der Waals surface area contributed by atoms with Crippen molar-refractivity contribution in [1.82, 2.24) is 9.62 Å². The van der Waals surface area contributed by atoms with Crippen LogP contribution in [0.1, 0.15) is 52.9 Å². The lowest BCUT2D eigenvalue weighted by Crippen LogP contribution is -2.34. The summed E-state index contributed by atoms with van der Waals surface area (Å²) in [6.45, 7) is 9.81. The molecule has 0 aromatic carbocycles. The van der Waals surface area contributed by atoms with E-state index in [4.69, 9.17) is 0 Å². The lowest BCUT2D eigenvalue weighted by atomic mass is 9.85. The summed E-state index contributed by atoms with van der Waals surface area (Å²) in [5.74, 6) is 0.304. The van der Waals surface area contributed by atoms with Crippen LogP contribution in [-0.2, 0) is 10.0 Å². The van der Waals surface area contributed by atoms with Crippen molar-refractivity contribution in [2.24, 2.45) is 5.41 Å². The summed E-state index contributed by atoms with van der Waals surface area (Å²) in [6, 6.07) is 0. The van der Waals surface area contributed by atoms with Crippen LogP contribution in [0.3, 0.4) is 0 Å². The maximum atomic E-state index is 12.3. The number of rotatable bonds is 7. The molecule has 0 saturated carbocycles.